The molecule has 0 spiro atoms. The van der Waals surface area contributed by atoms with Gasteiger partial charge in [-0.1, -0.05) is 23.8 Å². The fraction of sp³-hybridized carbons (Fsp3) is 0.353. The molecule has 3 rings (SSSR count). The highest BCUT2D eigenvalue weighted by atomic mass is 32.2. The van der Waals surface area contributed by atoms with Gasteiger partial charge < -0.3 is 0 Å². The molecule has 116 valence electrons. The quantitative estimate of drug-likeness (QED) is 0.873. The number of aromatic nitrogens is 1. The summed E-state index contributed by atoms with van der Waals surface area (Å²) in [5.74, 6) is 0. The lowest BCUT2D eigenvalue weighted by molar-refractivity contribution is 0.389. The lowest BCUT2D eigenvalue weighted by Gasteiger charge is -2.24. The van der Waals surface area contributed by atoms with Crippen LogP contribution in [0.4, 0.5) is 0 Å². The molecule has 1 aliphatic rings. The van der Waals surface area contributed by atoms with Crippen molar-refractivity contribution in [3.63, 3.8) is 0 Å². The molecule has 2 heterocycles. The molecule has 1 aromatic heterocycles. The van der Waals surface area contributed by atoms with E-state index in [-0.39, 0.29) is 6.04 Å². The molecule has 0 saturated carbocycles. The summed E-state index contributed by atoms with van der Waals surface area (Å²) in [6, 6.07) is 10.8. The SMILES string of the molecule is Cc1ccc(S(=O)(=O)N2CCC[C@H]2c2ncccc2C)cc1. The van der Waals surface area contributed by atoms with Crippen molar-refractivity contribution in [2.24, 2.45) is 0 Å². The monoisotopic (exact) mass is 316 g/mol. The van der Waals surface area contributed by atoms with Gasteiger partial charge >= 0.3 is 0 Å². The van der Waals surface area contributed by atoms with Crippen LogP contribution in [-0.4, -0.2) is 24.3 Å². The normalized spacial score (nSPS) is 19.5. The van der Waals surface area contributed by atoms with Crippen LogP contribution >= 0.6 is 0 Å². The van der Waals surface area contributed by atoms with Crippen molar-refractivity contribution < 1.29 is 8.42 Å². The van der Waals surface area contributed by atoms with Crippen LogP contribution in [0, 0.1) is 13.8 Å². The summed E-state index contributed by atoms with van der Waals surface area (Å²) in [5.41, 5.74) is 2.96. The predicted molar refractivity (Wildman–Crippen MR) is 86.0 cm³/mol. The van der Waals surface area contributed by atoms with Crippen LogP contribution in [0.15, 0.2) is 47.5 Å². The van der Waals surface area contributed by atoms with E-state index in [1.165, 1.54) is 0 Å². The van der Waals surface area contributed by atoms with Crippen molar-refractivity contribution in [1.29, 1.82) is 0 Å². The molecule has 4 nitrogen and oxygen atoms in total. The number of pyridine rings is 1. The third kappa shape index (κ3) is 2.66. The molecule has 1 aliphatic heterocycles. The Morgan fingerprint density at radius 2 is 1.86 bits per heavy atom. The molecule has 1 aromatic carbocycles. The van der Waals surface area contributed by atoms with Crippen molar-refractivity contribution in [3.05, 3.63) is 59.4 Å². The van der Waals surface area contributed by atoms with Gasteiger partial charge in [0, 0.05) is 12.7 Å². The van der Waals surface area contributed by atoms with Gasteiger partial charge in [-0.05, 0) is 50.5 Å². The van der Waals surface area contributed by atoms with Crippen molar-refractivity contribution in [1.82, 2.24) is 9.29 Å². The highest BCUT2D eigenvalue weighted by Crippen LogP contribution is 2.36. The molecule has 0 bridgehead atoms. The predicted octanol–water partition coefficient (Wildman–Crippen LogP) is 3.22. The Labute approximate surface area is 131 Å². The van der Waals surface area contributed by atoms with E-state index in [9.17, 15) is 8.42 Å². The first-order valence-electron chi connectivity index (χ1n) is 7.50. The number of rotatable bonds is 3. The van der Waals surface area contributed by atoms with Gasteiger partial charge in [-0.15, -0.1) is 0 Å². The summed E-state index contributed by atoms with van der Waals surface area (Å²) in [5, 5.41) is 0. The lowest BCUT2D eigenvalue weighted by Crippen LogP contribution is -2.31. The largest absolute Gasteiger partial charge is 0.259 e. The average molecular weight is 316 g/mol. The molecule has 1 atom stereocenters. The molecule has 0 radical (unpaired) electrons. The summed E-state index contributed by atoms with van der Waals surface area (Å²) in [4.78, 5) is 4.79. The Balaban J connectivity index is 1.99. The summed E-state index contributed by atoms with van der Waals surface area (Å²) in [7, 11) is -3.48. The Kier molecular flexibility index (Phi) is 4.02. The van der Waals surface area contributed by atoms with Gasteiger partial charge in [-0.25, -0.2) is 8.42 Å². The van der Waals surface area contributed by atoms with E-state index in [0.29, 0.717) is 11.4 Å². The van der Waals surface area contributed by atoms with E-state index in [2.05, 4.69) is 4.98 Å². The first-order valence-corrected chi connectivity index (χ1v) is 8.94. The van der Waals surface area contributed by atoms with Gasteiger partial charge in [-0.3, -0.25) is 4.98 Å². The first kappa shape index (κ1) is 15.2. The second kappa shape index (κ2) is 5.82. The van der Waals surface area contributed by atoms with Crippen molar-refractivity contribution in [2.45, 2.75) is 37.6 Å². The second-order valence-electron chi connectivity index (χ2n) is 5.79. The van der Waals surface area contributed by atoms with Crippen molar-refractivity contribution in [3.8, 4) is 0 Å². The highest BCUT2D eigenvalue weighted by molar-refractivity contribution is 7.89. The number of hydrogen-bond donors (Lipinski definition) is 0. The number of aryl methyl sites for hydroxylation is 2. The van der Waals surface area contributed by atoms with Crippen LogP contribution in [0.1, 0.15) is 35.7 Å². The molecular weight excluding hydrogens is 296 g/mol. The fourth-order valence-corrected chi connectivity index (χ4v) is 4.65. The van der Waals surface area contributed by atoms with Crippen LogP contribution in [-0.2, 0) is 10.0 Å². The molecule has 1 fully saturated rings. The second-order valence-corrected chi connectivity index (χ2v) is 7.68. The van der Waals surface area contributed by atoms with Gasteiger partial charge in [0.25, 0.3) is 0 Å². The third-order valence-electron chi connectivity index (χ3n) is 4.20. The van der Waals surface area contributed by atoms with Crippen LogP contribution in [0.3, 0.4) is 0 Å². The zero-order valence-electron chi connectivity index (χ0n) is 12.9. The number of benzene rings is 1. The van der Waals surface area contributed by atoms with Gasteiger partial charge in [-0.2, -0.15) is 4.31 Å². The molecule has 1 saturated heterocycles. The summed E-state index contributed by atoms with van der Waals surface area (Å²) in [6.07, 6.45) is 3.42. The minimum absolute atomic E-state index is 0.160. The third-order valence-corrected chi connectivity index (χ3v) is 6.12. The molecular formula is C17H20N2O2S. The van der Waals surface area contributed by atoms with Crippen LogP contribution < -0.4 is 0 Å². The average Bonchev–Trinajstić information content (AvgIpc) is 2.98. The standard InChI is InChI=1S/C17H20N2O2S/c1-13-7-9-15(10-8-13)22(20,21)19-12-4-6-16(19)17-14(2)5-3-11-18-17/h3,5,7-11,16H,4,6,12H2,1-2H3/t16-/m0/s1. The van der Waals surface area contributed by atoms with Crippen molar-refractivity contribution in [2.75, 3.05) is 6.54 Å². The number of hydrogen-bond acceptors (Lipinski definition) is 3. The Bertz CT molecular complexity index is 770. The van der Waals surface area contributed by atoms with Gasteiger partial charge in [0.1, 0.15) is 0 Å². The maximum atomic E-state index is 12.9. The molecule has 0 N–H and O–H groups in total. The molecule has 5 heteroatoms. The maximum Gasteiger partial charge on any atom is 0.243 e. The fourth-order valence-electron chi connectivity index (χ4n) is 2.99. The molecule has 0 aliphatic carbocycles. The minimum Gasteiger partial charge on any atom is -0.259 e. The summed E-state index contributed by atoms with van der Waals surface area (Å²) >= 11 is 0. The van der Waals surface area contributed by atoms with Crippen LogP contribution in [0.5, 0.6) is 0 Å². The Morgan fingerprint density at radius 3 is 2.55 bits per heavy atom. The van der Waals surface area contributed by atoms with Crippen molar-refractivity contribution >= 4 is 10.0 Å². The Hall–Kier alpha value is -1.72. The van der Waals surface area contributed by atoms with Gasteiger partial charge in [0.15, 0.2) is 0 Å². The minimum atomic E-state index is -3.48. The summed E-state index contributed by atoms with van der Waals surface area (Å²) in [6.45, 7) is 4.49. The summed E-state index contributed by atoms with van der Waals surface area (Å²) < 4.78 is 27.5. The number of nitrogens with zero attached hydrogens (tertiary/aromatic N) is 2. The molecule has 22 heavy (non-hydrogen) atoms. The highest BCUT2D eigenvalue weighted by Gasteiger charge is 2.37. The van der Waals surface area contributed by atoms with Gasteiger partial charge in [0.05, 0.1) is 16.6 Å². The zero-order chi connectivity index (χ0) is 15.7. The van der Waals surface area contributed by atoms with Gasteiger partial charge in [0.2, 0.25) is 10.0 Å². The smallest absolute Gasteiger partial charge is 0.243 e. The zero-order valence-corrected chi connectivity index (χ0v) is 13.7. The van der Waals surface area contributed by atoms with E-state index < -0.39 is 10.0 Å². The Morgan fingerprint density at radius 1 is 1.14 bits per heavy atom. The van der Waals surface area contributed by atoms with E-state index in [1.54, 1.807) is 22.6 Å². The van der Waals surface area contributed by atoms with E-state index in [1.807, 2.05) is 38.1 Å². The van der Waals surface area contributed by atoms with Crippen LogP contribution in [0.2, 0.25) is 0 Å². The van der Waals surface area contributed by atoms with E-state index >= 15 is 0 Å². The lowest BCUT2D eigenvalue weighted by atomic mass is 10.1. The maximum absolute atomic E-state index is 12.9. The number of sulfonamides is 1. The van der Waals surface area contributed by atoms with E-state index in [0.717, 1.165) is 29.7 Å². The van der Waals surface area contributed by atoms with E-state index in [4.69, 9.17) is 0 Å². The van der Waals surface area contributed by atoms with Crippen LogP contribution in [0.25, 0.3) is 0 Å². The topological polar surface area (TPSA) is 50.3 Å². The first-order chi connectivity index (χ1) is 10.5. The molecule has 2 aromatic rings. The molecule has 0 amide bonds. The molecule has 0 unspecified atom stereocenters.